The van der Waals surface area contributed by atoms with Crippen LogP contribution in [0.2, 0.25) is 0 Å². The van der Waals surface area contributed by atoms with Crippen LogP contribution in [0.5, 0.6) is 11.5 Å². The summed E-state index contributed by atoms with van der Waals surface area (Å²) >= 11 is 1.56. The number of carbonyl (C=O) groups excluding carboxylic acids is 1. The van der Waals surface area contributed by atoms with E-state index in [1.165, 1.54) is 12.5 Å². The Morgan fingerprint density at radius 1 is 1.00 bits per heavy atom. The normalized spacial score (nSPS) is 11.5. The number of carboxylic acids is 1. The van der Waals surface area contributed by atoms with E-state index in [9.17, 15) is 9.59 Å². The molecule has 0 saturated carbocycles. The number of anilines is 1. The van der Waals surface area contributed by atoms with Crippen molar-refractivity contribution in [3.05, 3.63) is 94.9 Å². The molecular formula is C30H31N3O5S. The molecule has 0 radical (unpaired) electrons. The SMILES string of the molecule is COc1ccc(OC)c(-c2csc(N(CCc3ccccc3)Cc3ccc(C(=O)NC(C)C(=O)O)cc3)n2)c1. The van der Waals surface area contributed by atoms with Gasteiger partial charge in [0.1, 0.15) is 17.5 Å². The zero-order valence-electron chi connectivity index (χ0n) is 22.1. The van der Waals surface area contributed by atoms with Crippen molar-refractivity contribution in [3.63, 3.8) is 0 Å². The van der Waals surface area contributed by atoms with Crippen molar-refractivity contribution in [1.82, 2.24) is 10.3 Å². The van der Waals surface area contributed by atoms with Crippen LogP contribution < -0.4 is 19.7 Å². The summed E-state index contributed by atoms with van der Waals surface area (Å²) in [4.78, 5) is 30.6. The number of aromatic nitrogens is 1. The van der Waals surface area contributed by atoms with E-state index in [0.29, 0.717) is 12.1 Å². The molecule has 9 heteroatoms. The molecule has 0 fully saturated rings. The summed E-state index contributed by atoms with van der Waals surface area (Å²) in [5.74, 6) is -0.0599. The number of thiazole rings is 1. The number of nitrogens with one attached hydrogen (secondary N) is 1. The number of hydrogen-bond acceptors (Lipinski definition) is 7. The molecule has 1 aromatic heterocycles. The third-order valence-corrected chi connectivity index (χ3v) is 7.17. The van der Waals surface area contributed by atoms with Crippen molar-refractivity contribution in [3.8, 4) is 22.8 Å². The van der Waals surface area contributed by atoms with Gasteiger partial charge in [-0.1, -0.05) is 42.5 Å². The number of ether oxygens (including phenoxy) is 2. The Labute approximate surface area is 231 Å². The maximum atomic E-state index is 12.4. The summed E-state index contributed by atoms with van der Waals surface area (Å²) < 4.78 is 11.0. The second kappa shape index (κ2) is 12.9. The molecular weight excluding hydrogens is 514 g/mol. The summed E-state index contributed by atoms with van der Waals surface area (Å²) in [6.45, 7) is 2.76. The first kappa shape index (κ1) is 27.7. The average molecular weight is 546 g/mol. The minimum absolute atomic E-state index is 0.407. The van der Waals surface area contributed by atoms with Crippen LogP contribution in [0, 0.1) is 0 Å². The van der Waals surface area contributed by atoms with Crippen LogP contribution in [0.15, 0.2) is 78.2 Å². The molecule has 3 aromatic carbocycles. The molecule has 39 heavy (non-hydrogen) atoms. The van der Waals surface area contributed by atoms with Crippen molar-refractivity contribution in [1.29, 1.82) is 0 Å². The first-order valence-corrected chi connectivity index (χ1v) is 13.3. The number of aliphatic carboxylic acids is 1. The van der Waals surface area contributed by atoms with Crippen molar-refractivity contribution in [2.24, 2.45) is 0 Å². The van der Waals surface area contributed by atoms with Crippen LogP contribution in [0.25, 0.3) is 11.3 Å². The van der Waals surface area contributed by atoms with Gasteiger partial charge in [0, 0.05) is 29.6 Å². The van der Waals surface area contributed by atoms with Gasteiger partial charge in [-0.3, -0.25) is 9.59 Å². The topological polar surface area (TPSA) is 101 Å². The highest BCUT2D eigenvalue weighted by atomic mass is 32.1. The maximum Gasteiger partial charge on any atom is 0.325 e. The molecule has 2 N–H and O–H groups in total. The molecule has 0 bridgehead atoms. The minimum Gasteiger partial charge on any atom is -0.497 e. The molecule has 4 aromatic rings. The number of benzene rings is 3. The van der Waals surface area contributed by atoms with Crippen molar-refractivity contribution < 1.29 is 24.2 Å². The number of hydrogen-bond donors (Lipinski definition) is 2. The molecule has 0 aliphatic carbocycles. The van der Waals surface area contributed by atoms with E-state index in [-0.39, 0.29) is 0 Å². The monoisotopic (exact) mass is 545 g/mol. The van der Waals surface area contributed by atoms with Gasteiger partial charge in [0.05, 0.1) is 19.9 Å². The third kappa shape index (κ3) is 7.14. The molecule has 1 unspecified atom stereocenters. The van der Waals surface area contributed by atoms with E-state index in [4.69, 9.17) is 19.6 Å². The van der Waals surface area contributed by atoms with Gasteiger partial charge in [-0.25, -0.2) is 4.98 Å². The van der Waals surface area contributed by atoms with Gasteiger partial charge in [-0.2, -0.15) is 0 Å². The zero-order chi connectivity index (χ0) is 27.8. The predicted octanol–water partition coefficient (Wildman–Crippen LogP) is 5.28. The summed E-state index contributed by atoms with van der Waals surface area (Å²) in [5.41, 5.74) is 4.29. The number of carbonyl (C=O) groups is 2. The van der Waals surface area contributed by atoms with Gasteiger partial charge in [0.2, 0.25) is 0 Å². The van der Waals surface area contributed by atoms with Gasteiger partial charge in [-0.05, 0) is 54.8 Å². The van der Waals surface area contributed by atoms with Crippen LogP contribution >= 0.6 is 11.3 Å². The first-order valence-electron chi connectivity index (χ1n) is 12.5. The molecule has 0 aliphatic heterocycles. The van der Waals surface area contributed by atoms with E-state index in [0.717, 1.165) is 46.4 Å². The van der Waals surface area contributed by atoms with Gasteiger partial charge in [0.25, 0.3) is 5.91 Å². The molecule has 202 valence electrons. The van der Waals surface area contributed by atoms with Gasteiger partial charge < -0.3 is 24.8 Å². The lowest BCUT2D eigenvalue weighted by atomic mass is 10.1. The quantitative estimate of drug-likeness (QED) is 0.250. The Kier molecular flexibility index (Phi) is 9.17. The molecule has 1 heterocycles. The maximum absolute atomic E-state index is 12.4. The van der Waals surface area contributed by atoms with E-state index in [2.05, 4.69) is 22.3 Å². The summed E-state index contributed by atoms with van der Waals surface area (Å²) in [6.07, 6.45) is 0.839. The van der Waals surface area contributed by atoms with E-state index >= 15 is 0 Å². The van der Waals surface area contributed by atoms with Crippen LogP contribution in [-0.2, 0) is 17.8 Å². The van der Waals surface area contributed by atoms with Gasteiger partial charge in [0.15, 0.2) is 5.13 Å². The van der Waals surface area contributed by atoms with Crippen LogP contribution in [-0.4, -0.2) is 48.8 Å². The average Bonchev–Trinajstić information content (AvgIpc) is 3.45. The fraction of sp³-hybridized carbons (Fsp3) is 0.233. The molecule has 1 amide bonds. The fourth-order valence-corrected chi connectivity index (χ4v) is 4.87. The number of amides is 1. The lowest BCUT2D eigenvalue weighted by Crippen LogP contribution is -2.38. The molecule has 4 rings (SSSR count). The summed E-state index contributed by atoms with van der Waals surface area (Å²) in [5, 5.41) is 14.4. The highest BCUT2D eigenvalue weighted by Gasteiger charge is 2.18. The molecule has 0 aliphatic rings. The Bertz CT molecular complexity index is 1410. The fourth-order valence-electron chi connectivity index (χ4n) is 4.02. The van der Waals surface area contributed by atoms with Gasteiger partial charge >= 0.3 is 5.97 Å². The van der Waals surface area contributed by atoms with Gasteiger partial charge in [-0.15, -0.1) is 11.3 Å². The zero-order valence-corrected chi connectivity index (χ0v) is 22.9. The second-order valence-corrected chi connectivity index (χ2v) is 9.81. The highest BCUT2D eigenvalue weighted by Crippen LogP contribution is 2.36. The van der Waals surface area contributed by atoms with Crippen LogP contribution in [0.4, 0.5) is 5.13 Å². The summed E-state index contributed by atoms with van der Waals surface area (Å²) in [6, 6.07) is 22.2. The second-order valence-electron chi connectivity index (χ2n) is 8.97. The van der Waals surface area contributed by atoms with Crippen molar-refractivity contribution in [2.75, 3.05) is 25.7 Å². The van der Waals surface area contributed by atoms with Crippen molar-refractivity contribution in [2.45, 2.75) is 25.9 Å². The Morgan fingerprint density at radius 2 is 1.74 bits per heavy atom. The number of rotatable bonds is 12. The third-order valence-electron chi connectivity index (χ3n) is 6.27. The largest absolute Gasteiger partial charge is 0.497 e. The lowest BCUT2D eigenvalue weighted by Gasteiger charge is -2.22. The molecule has 1 atom stereocenters. The van der Waals surface area contributed by atoms with Crippen molar-refractivity contribution >= 4 is 28.3 Å². The standard InChI is InChI=1S/C30H31N3O5S/c1-20(29(35)36)31-28(34)23-11-9-22(10-12-23)18-33(16-15-21-7-5-4-6-8-21)30-32-26(19-39-30)25-17-24(37-2)13-14-27(25)38-3/h4-14,17,19-20H,15-16,18H2,1-3H3,(H,31,34)(H,35,36). The highest BCUT2D eigenvalue weighted by molar-refractivity contribution is 7.14. The molecule has 0 spiro atoms. The predicted molar refractivity (Wildman–Crippen MR) is 153 cm³/mol. The Balaban J connectivity index is 1.57. The van der Waals surface area contributed by atoms with Crippen LogP contribution in [0.3, 0.4) is 0 Å². The number of nitrogens with zero attached hydrogens (tertiary/aromatic N) is 2. The minimum atomic E-state index is -1.08. The van der Waals surface area contributed by atoms with E-state index < -0.39 is 17.9 Å². The Morgan fingerprint density at radius 3 is 2.41 bits per heavy atom. The van der Waals surface area contributed by atoms with E-state index in [1.54, 1.807) is 37.7 Å². The Hall–Kier alpha value is -4.37. The number of carboxylic acid groups (broad SMARTS) is 1. The lowest BCUT2D eigenvalue weighted by molar-refractivity contribution is -0.138. The molecule has 8 nitrogen and oxygen atoms in total. The van der Waals surface area contributed by atoms with E-state index in [1.807, 2.05) is 53.9 Å². The first-order chi connectivity index (χ1) is 18.9. The number of methoxy groups -OCH3 is 2. The van der Waals surface area contributed by atoms with Crippen LogP contribution in [0.1, 0.15) is 28.4 Å². The molecule has 0 saturated heterocycles. The summed E-state index contributed by atoms with van der Waals surface area (Å²) in [7, 11) is 3.27. The smallest absolute Gasteiger partial charge is 0.325 e.